The van der Waals surface area contributed by atoms with Crippen molar-refractivity contribution in [3.8, 4) is 0 Å². The lowest BCUT2D eigenvalue weighted by atomic mass is 10.1. The van der Waals surface area contributed by atoms with Gasteiger partial charge in [0.05, 0.1) is 5.75 Å². The molecule has 0 aromatic rings. The van der Waals surface area contributed by atoms with Crippen molar-refractivity contribution in [1.82, 2.24) is 4.90 Å². The maximum absolute atomic E-state index is 11.6. The van der Waals surface area contributed by atoms with Gasteiger partial charge in [0.1, 0.15) is 0 Å². The molecule has 2 aliphatic heterocycles. The zero-order chi connectivity index (χ0) is 11.5. The van der Waals surface area contributed by atoms with Crippen LogP contribution in [0.2, 0.25) is 0 Å². The summed E-state index contributed by atoms with van der Waals surface area (Å²) in [6, 6.07) is 0. The molecule has 0 spiro atoms. The number of aliphatic imine (C=N–C) groups is 1. The molecule has 0 aliphatic carbocycles. The van der Waals surface area contributed by atoms with Crippen LogP contribution < -0.4 is 0 Å². The topological polar surface area (TPSA) is 98.5 Å². The number of thioether (sulfide) groups is 1. The van der Waals surface area contributed by atoms with E-state index in [-0.39, 0.29) is 17.7 Å². The van der Waals surface area contributed by atoms with E-state index in [0.717, 1.165) is 0 Å². The smallest absolute Gasteiger partial charge is 0.258 e. The molecule has 0 saturated carbocycles. The van der Waals surface area contributed by atoms with Crippen LogP contribution in [0, 0.1) is 5.92 Å². The first-order chi connectivity index (χ1) is 7.70. The first kappa shape index (κ1) is 11.0. The Morgan fingerprint density at radius 3 is 3.06 bits per heavy atom. The zero-order valence-corrected chi connectivity index (χ0v) is 9.18. The number of likely N-dealkylation sites (tertiary alicyclic amines) is 1. The van der Waals surface area contributed by atoms with E-state index in [1.165, 1.54) is 16.7 Å². The van der Waals surface area contributed by atoms with Crippen molar-refractivity contribution in [3.63, 3.8) is 0 Å². The van der Waals surface area contributed by atoms with Crippen LogP contribution in [0.3, 0.4) is 0 Å². The summed E-state index contributed by atoms with van der Waals surface area (Å²) in [6.07, 6.45) is 0.354. The van der Waals surface area contributed by atoms with Crippen molar-refractivity contribution in [1.29, 1.82) is 0 Å². The second-order valence-corrected chi connectivity index (χ2v) is 4.51. The van der Waals surface area contributed by atoms with Crippen molar-refractivity contribution in [2.45, 2.75) is 6.42 Å². The van der Waals surface area contributed by atoms with Crippen molar-refractivity contribution >= 4 is 28.7 Å². The summed E-state index contributed by atoms with van der Waals surface area (Å²) < 4.78 is 0. The summed E-state index contributed by atoms with van der Waals surface area (Å²) in [4.78, 5) is 30.5. The molecule has 0 N–H and O–H groups in total. The third-order valence-corrected chi connectivity index (χ3v) is 3.35. The van der Waals surface area contributed by atoms with Gasteiger partial charge >= 0.3 is 0 Å². The Kier molecular flexibility index (Phi) is 3.12. The minimum atomic E-state index is -0.203. The fourth-order valence-corrected chi connectivity index (χ4v) is 2.49. The highest BCUT2D eigenvalue weighted by molar-refractivity contribution is 8.14. The van der Waals surface area contributed by atoms with E-state index in [4.69, 9.17) is 5.53 Å². The molecule has 16 heavy (non-hydrogen) atoms. The molecule has 1 fully saturated rings. The van der Waals surface area contributed by atoms with Crippen LogP contribution in [0.5, 0.6) is 0 Å². The number of amidine groups is 1. The van der Waals surface area contributed by atoms with Crippen molar-refractivity contribution in [2.75, 3.05) is 18.8 Å². The standard InChI is InChI=1S/C8H9N5O2S/c9-12-10-2-5-1-7(15)13(3-5)8-11-6(14)4-16-8/h5H,1-4H2. The molecule has 0 bridgehead atoms. The van der Waals surface area contributed by atoms with Crippen LogP contribution in [-0.2, 0) is 9.59 Å². The molecular formula is C8H9N5O2S. The van der Waals surface area contributed by atoms with Crippen molar-refractivity contribution in [3.05, 3.63) is 10.4 Å². The summed E-state index contributed by atoms with van der Waals surface area (Å²) in [5, 5.41) is 3.94. The molecule has 0 aromatic heterocycles. The van der Waals surface area contributed by atoms with Gasteiger partial charge in [-0.05, 0) is 11.4 Å². The fourth-order valence-electron chi connectivity index (χ4n) is 1.68. The Morgan fingerprint density at radius 2 is 2.44 bits per heavy atom. The van der Waals surface area contributed by atoms with Gasteiger partial charge < -0.3 is 0 Å². The second-order valence-electron chi connectivity index (χ2n) is 3.56. The zero-order valence-electron chi connectivity index (χ0n) is 8.37. The highest BCUT2D eigenvalue weighted by Gasteiger charge is 2.34. The molecule has 0 aromatic carbocycles. The maximum Gasteiger partial charge on any atom is 0.258 e. The lowest BCUT2D eigenvalue weighted by molar-refractivity contribution is -0.124. The van der Waals surface area contributed by atoms with Gasteiger partial charge in [0.25, 0.3) is 5.91 Å². The molecule has 2 heterocycles. The third kappa shape index (κ3) is 2.17. The first-order valence-corrected chi connectivity index (χ1v) is 5.75. The first-order valence-electron chi connectivity index (χ1n) is 4.76. The average molecular weight is 239 g/mol. The van der Waals surface area contributed by atoms with Gasteiger partial charge in [-0.3, -0.25) is 14.5 Å². The summed E-state index contributed by atoms with van der Waals surface area (Å²) in [5.41, 5.74) is 8.19. The predicted octanol–water partition coefficient (Wildman–Crippen LogP) is 0.775. The third-order valence-electron chi connectivity index (χ3n) is 2.38. The van der Waals surface area contributed by atoms with Gasteiger partial charge in [0.2, 0.25) is 5.91 Å². The van der Waals surface area contributed by atoms with E-state index in [9.17, 15) is 9.59 Å². The van der Waals surface area contributed by atoms with Crippen LogP contribution in [0.4, 0.5) is 0 Å². The number of hydrogen-bond acceptors (Lipinski definition) is 4. The minimum Gasteiger partial charge on any atom is -0.291 e. The Balaban J connectivity index is 2.02. The van der Waals surface area contributed by atoms with Crippen molar-refractivity contribution in [2.24, 2.45) is 16.0 Å². The number of azide groups is 1. The molecular weight excluding hydrogens is 230 g/mol. The summed E-state index contributed by atoms with van der Waals surface area (Å²) >= 11 is 1.28. The van der Waals surface area contributed by atoms with Crippen LogP contribution >= 0.6 is 11.8 Å². The van der Waals surface area contributed by atoms with E-state index in [1.807, 2.05) is 0 Å². The maximum atomic E-state index is 11.6. The molecule has 1 saturated heterocycles. The van der Waals surface area contributed by atoms with E-state index < -0.39 is 0 Å². The fraction of sp³-hybridized carbons (Fsp3) is 0.625. The molecule has 1 unspecified atom stereocenters. The second kappa shape index (κ2) is 4.54. The van der Waals surface area contributed by atoms with Gasteiger partial charge in [-0.25, -0.2) is 0 Å². The Morgan fingerprint density at radius 1 is 1.62 bits per heavy atom. The van der Waals surface area contributed by atoms with E-state index >= 15 is 0 Å². The minimum absolute atomic E-state index is 0.0300. The molecule has 2 aliphatic rings. The van der Waals surface area contributed by atoms with Gasteiger partial charge in [-0.15, -0.1) is 0 Å². The molecule has 7 nitrogen and oxygen atoms in total. The van der Waals surface area contributed by atoms with Crippen LogP contribution in [0.1, 0.15) is 6.42 Å². The molecule has 1 atom stereocenters. The van der Waals surface area contributed by atoms with Crippen LogP contribution in [0.25, 0.3) is 10.4 Å². The van der Waals surface area contributed by atoms with Gasteiger partial charge in [0.15, 0.2) is 5.17 Å². The number of rotatable bonds is 2. The quantitative estimate of drug-likeness (QED) is 0.404. The number of carbonyl (C=O) groups excluding carboxylic acids is 2. The summed E-state index contributed by atoms with van der Waals surface area (Å²) in [7, 11) is 0. The molecule has 2 amide bonds. The Labute approximate surface area is 95.5 Å². The Hall–Kier alpha value is -1.53. The van der Waals surface area contributed by atoms with E-state index in [2.05, 4.69) is 15.0 Å². The normalized spacial score (nSPS) is 24.6. The van der Waals surface area contributed by atoms with Gasteiger partial charge in [-0.1, -0.05) is 16.9 Å². The van der Waals surface area contributed by atoms with E-state index in [0.29, 0.717) is 30.4 Å². The molecule has 2 rings (SSSR count). The lowest BCUT2D eigenvalue weighted by Crippen LogP contribution is -2.29. The number of amides is 2. The monoisotopic (exact) mass is 239 g/mol. The number of nitrogens with zero attached hydrogens (tertiary/aromatic N) is 5. The molecule has 84 valence electrons. The highest BCUT2D eigenvalue weighted by Crippen LogP contribution is 2.25. The highest BCUT2D eigenvalue weighted by atomic mass is 32.2. The van der Waals surface area contributed by atoms with Crippen molar-refractivity contribution < 1.29 is 9.59 Å². The largest absolute Gasteiger partial charge is 0.291 e. The van der Waals surface area contributed by atoms with Crippen LogP contribution in [0.15, 0.2) is 10.1 Å². The average Bonchev–Trinajstić information content (AvgIpc) is 2.82. The number of carbonyl (C=O) groups is 2. The van der Waals surface area contributed by atoms with Crippen LogP contribution in [-0.4, -0.2) is 40.7 Å². The summed E-state index contributed by atoms with van der Waals surface area (Å²) in [6.45, 7) is 0.793. The SMILES string of the molecule is [N-]=[N+]=NCC1CC(=O)N(C2=NC(=O)CS2)C1. The predicted molar refractivity (Wildman–Crippen MR) is 58.7 cm³/mol. The van der Waals surface area contributed by atoms with Gasteiger partial charge in [0, 0.05) is 24.4 Å². The lowest BCUT2D eigenvalue weighted by Gasteiger charge is -2.14. The molecule has 0 radical (unpaired) electrons. The van der Waals surface area contributed by atoms with Gasteiger partial charge in [-0.2, -0.15) is 4.99 Å². The van der Waals surface area contributed by atoms with E-state index in [1.54, 1.807) is 0 Å². The Bertz CT molecular complexity index is 415. The number of hydrogen-bond donors (Lipinski definition) is 0. The summed E-state index contributed by atoms with van der Waals surface area (Å²) in [5.74, 6) is 0.0768. The molecule has 8 heteroatoms.